The van der Waals surface area contributed by atoms with E-state index in [1.165, 1.54) is 4.90 Å². The lowest BCUT2D eigenvalue weighted by Gasteiger charge is -2.39. The van der Waals surface area contributed by atoms with Gasteiger partial charge in [-0.2, -0.15) is 0 Å². The summed E-state index contributed by atoms with van der Waals surface area (Å²) in [6.07, 6.45) is 0.749. The number of hydrogen-bond acceptors (Lipinski definition) is 3. The van der Waals surface area contributed by atoms with Crippen LogP contribution in [0.15, 0.2) is 42.5 Å². The van der Waals surface area contributed by atoms with Gasteiger partial charge in [0.2, 0.25) is 0 Å². The topological polar surface area (TPSA) is 53.0 Å². The van der Waals surface area contributed by atoms with Crippen molar-refractivity contribution in [1.82, 2.24) is 9.80 Å². The van der Waals surface area contributed by atoms with Crippen LogP contribution >= 0.6 is 23.2 Å². The third-order valence-corrected chi connectivity index (χ3v) is 6.04. The summed E-state index contributed by atoms with van der Waals surface area (Å²) in [5, 5.41) is 10.4. The molecule has 0 aliphatic carbocycles. The fourth-order valence-corrected chi connectivity index (χ4v) is 4.02. The molecule has 1 N–H and O–H groups in total. The van der Waals surface area contributed by atoms with E-state index < -0.39 is 6.09 Å². The Hall–Kier alpha value is -1.95. The Labute approximate surface area is 175 Å². The van der Waals surface area contributed by atoms with Crippen LogP contribution in [-0.4, -0.2) is 47.2 Å². The lowest BCUT2D eigenvalue weighted by atomic mass is 9.99. The first-order valence-corrected chi connectivity index (χ1v) is 10.0. The van der Waals surface area contributed by atoms with Crippen molar-refractivity contribution in [3.8, 4) is 11.5 Å². The number of carbonyl (C=O) groups is 1. The van der Waals surface area contributed by atoms with Crippen molar-refractivity contribution < 1.29 is 14.6 Å². The molecule has 1 aliphatic rings. The van der Waals surface area contributed by atoms with Crippen LogP contribution in [0, 0.1) is 0 Å². The van der Waals surface area contributed by atoms with E-state index in [0.29, 0.717) is 21.5 Å². The summed E-state index contributed by atoms with van der Waals surface area (Å²) in [5.41, 5.74) is 0.998. The number of benzene rings is 2. The molecular weight excluding hydrogens is 399 g/mol. The summed E-state index contributed by atoms with van der Waals surface area (Å²) >= 11 is 12.6. The van der Waals surface area contributed by atoms with Gasteiger partial charge < -0.3 is 14.7 Å². The molecule has 28 heavy (non-hydrogen) atoms. The Morgan fingerprint density at radius 2 is 1.82 bits per heavy atom. The molecule has 150 valence electrons. The summed E-state index contributed by atoms with van der Waals surface area (Å²) in [7, 11) is 1.64. The second-order valence-corrected chi connectivity index (χ2v) is 7.87. The van der Waals surface area contributed by atoms with Gasteiger partial charge in [-0.3, -0.25) is 4.90 Å². The highest BCUT2D eigenvalue weighted by atomic mass is 35.5. The average molecular weight is 423 g/mol. The Bertz CT molecular complexity index is 821. The van der Waals surface area contributed by atoms with E-state index >= 15 is 0 Å². The molecule has 0 aromatic heterocycles. The van der Waals surface area contributed by atoms with Gasteiger partial charge in [-0.1, -0.05) is 35.3 Å². The molecular formula is C21H24Cl2N2O3. The summed E-state index contributed by atoms with van der Waals surface area (Å²) in [6.45, 7) is 3.76. The zero-order valence-corrected chi connectivity index (χ0v) is 17.5. The van der Waals surface area contributed by atoms with Gasteiger partial charge in [0.1, 0.15) is 11.5 Å². The molecule has 0 spiro atoms. The lowest BCUT2D eigenvalue weighted by Crippen LogP contribution is -2.45. The number of ether oxygens (including phenoxy) is 1. The first kappa shape index (κ1) is 20.8. The van der Waals surface area contributed by atoms with Gasteiger partial charge in [-0.05, 0) is 55.7 Å². The van der Waals surface area contributed by atoms with Crippen LogP contribution in [0.25, 0.3) is 0 Å². The largest absolute Gasteiger partial charge is 0.465 e. The van der Waals surface area contributed by atoms with Gasteiger partial charge in [0.25, 0.3) is 0 Å². The SMILES string of the molecule is CC(c1cccc(Oc2ccc(Cl)cc2)c1Cl)N1CCC(N(C)C(=O)O)CC1. The number of halogens is 2. The second kappa shape index (κ2) is 9.03. The number of amides is 1. The molecule has 0 radical (unpaired) electrons. The van der Waals surface area contributed by atoms with Crippen LogP contribution in [0.1, 0.15) is 31.4 Å². The Morgan fingerprint density at radius 1 is 1.18 bits per heavy atom. The van der Waals surface area contributed by atoms with Crippen LogP contribution in [0.4, 0.5) is 4.79 Å². The number of piperidine rings is 1. The normalized spacial score (nSPS) is 16.6. The third-order valence-electron chi connectivity index (χ3n) is 5.38. The third kappa shape index (κ3) is 4.72. The minimum atomic E-state index is -0.874. The van der Waals surface area contributed by atoms with Gasteiger partial charge in [0.15, 0.2) is 0 Å². The average Bonchev–Trinajstić information content (AvgIpc) is 2.70. The fourth-order valence-electron chi connectivity index (χ4n) is 3.57. The van der Waals surface area contributed by atoms with Gasteiger partial charge in [0.05, 0.1) is 5.02 Å². The maximum Gasteiger partial charge on any atom is 0.407 e. The lowest BCUT2D eigenvalue weighted by molar-refractivity contribution is 0.0910. The highest BCUT2D eigenvalue weighted by Gasteiger charge is 2.28. The van der Waals surface area contributed by atoms with E-state index in [-0.39, 0.29) is 12.1 Å². The van der Waals surface area contributed by atoms with Crippen molar-refractivity contribution in [2.45, 2.75) is 31.8 Å². The van der Waals surface area contributed by atoms with E-state index in [4.69, 9.17) is 33.0 Å². The van der Waals surface area contributed by atoms with Gasteiger partial charge in [0, 0.05) is 37.2 Å². The maximum atomic E-state index is 11.2. The molecule has 2 aromatic carbocycles. The Morgan fingerprint density at radius 3 is 2.43 bits per heavy atom. The maximum absolute atomic E-state index is 11.2. The second-order valence-electron chi connectivity index (χ2n) is 7.05. The van der Waals surface area contributed by atoms with Crippen LogP contribution in [0.5, 0.6) is 11.5 Å². The highest BCUT2D eigenvalue weighted by Crippen LogP contribution is 2.37. The summed E-state index contributed by atoms with van der Waals surface area (Å²) in [5.74, 6) is 1.28. The Balaban J connectivity index is 1.70. The first-order valence-electron chi connectivity index (χ1n) is 9.28. The fraction of sp³-hybridized carbons (Fsp3) is 0.381. The molecule has 1 aliphatic heterocycles. The number of nitrogens with zero attached hydrogens (tertiary/aromatic N) is 2. The smallest absolute Gasteiger partial charge is 0.407 e. The van der Waals surface area contributed by atoms with Crippen molar-refractivity contribution in [3.05, 3.63) is 58.1 Å². The van der Waals surface area contributed by atoms with Gasteiger partial charge in [-0.15, -0.1) is 0 Å². The number of hydrogen-bond donors (Lipinski definition) is 1. The molecule has 1 atom stereocenters. The van der Waals surface area contributed by atoms with Crippen molar-refractivity contribution in [2.24, 2.45) is 0 Å². The molecule has 7 heteroatoms. The molecule has 1 amide bonds. The molecule has 1 unspecified atom stereocenters. The van der Waals surface area contributed by atoms with Crippen LogP contribution in [-0.2, 0) is 0 Å². The zero-order chi connectivity index (χ0) is 20.3. The molecule has 2 aromatic rings. The monoisotopic (exact) mass is 422 g/mol. The minimum Gasteiger partial charge on any atom is -0.465 e. The summed E-state index contributed by atoms with van der Waals surface area (Å²) in [6, 6.07) is 13.1. The van der Waals surface area contributed by atoms with E-state index in [1.807, 2.05) is 18.2 Å². The number of likely N-dealkylation sites (tertiary alicyclic amines) is 1. The quantitative estimate of drug-likeness (QED) is 0.649. The van der Waals surface area contributed by atoms with Crippen molar-refractivity contribution in [1.29, 1.82) is 0 Å². The minimum absolute atomic E-state index is 0.0657. The molecule has 5 nitrogen and oxygen atoms in total. The van der Waals surface area contributed by atoms with E-state index in [9.17, 15) is 4.79 Å². The van der Waals surface area contributed by atoms with Crippen molar-refractivity contribution in [2.75, 3.05) is 20.1 Å². The first-order chi connectivity index (χ1) is 13.4. The van der Waals surface area contributed by atoms with Crippen LogP contribution in [0.2, 0.25) is 10.0 Å². The van der Waals surface area contributed by atoms with Crippen molar-refractivity contribution >= 4 is 29.3 Å². The van der Waals surface area contributed by atoms with Crippen LogP contribution < -0.4 is 4.74 Å². The van der Waals surface area contributed by atoms with Crippen LogP contribution in [0.3, 0.4) is 0 Å². The molecule has 3 rings (SSSR count). The number of carboxylic acid groups (broad SMARTS) is 1. The molecule has 0 bridgehead atoms. The van der Waals surface area contributed by atoms with E-state index in [0.717, 1.165) is 31.5 Å². The van der Waals surface area contributed by atoms with Gasteiger partial charge in [-0.25, -0.2) is 4.79 Å². The predicted octanol–water partition coefficient (Wildman–Crippen LogP) is 5.92. The highest BCUT2D eigenvalue weighted by molar-refractivity contribution is 6.33. The zero-order valence-electron chi connectivity index (χ0n) is 15.9. The van der Waals surface area contributed by atoms with E-state index in [1.54, 1.807) is 31.3 Å². The van der Waals surface area contributed by atoms with Crippen molar-refractivity contribution in [3.63, 3.8) is 0 Å². The molecule has 0 saturated carbocycles. The Kier molecular flexibility index (Phi) is 6.70. The predicted molar refractivity (Wildman–Crippen MR) is 112 cm³/mol. The molecule has 1 fully saturated rings. The molecule has 1 saturated heterocycles. The standard InChI is InChI=1S/C21H24Cl2N2O3/c1-14(25-12-10-16(11-13-25)24(2)21(26)27)18-4-3-5-19(20(18)23)28-17-8-6-15(22)7-9-17/h3-9,14,16H,10-13H2,1-2H3,(H,26,27). The number of rotatable bonds is 5. The molecule has 1 heterocycles. The van der Waals surface area contributed by atoms with E-state index in [2.05, 4.69) is 11.8 Å². The summed E-state index contributed by atoms with van der Waals surface area (Å²) in [4.78, 5) is 14.9. The summed E-state index contributed by atoms with van der Waals surface area (Å²) < 4.78 is 5.94. The van der Waals surface area contributed by atoms with Gasteiger partial charge >= 0.3 is 6.09 Å².